The van der Waals surface area contributed by atoms with Crippen molar-refractivity contribution >= 4 is 0 Å². The summed E-state index contributed by atoms with van der Waals surface area (Å²) in [6.07, 6.45) is 3.90. The number of nitrogens with zero attached hydrogens (tertiary/aromatic N) is 1. The van der Waals surface area contributed by atoms with Crippen LogP contribution in [-0.4, -0.2) is 13.6 Å². The van der Waals surface area contributed by atoms with Crippen LogP contribution in [0.15, 0.2) is 0 Å². The summed E-state index contributed by atoms with van der Waals surface area (Å²) in [6, 6.07) is 0. The van der Waals surface area contributed by atoms with Gasteiger partial charge in [-0.1, -0.05) is 40.0 Å². The second-order valence-electron chi connectivity index (χ2n) is 1.75. The standard InChI is InChI=1S/C6H14N.C2H6.Y/c1-3-4-5-6-7-2;1-2;/h3-6H2,1-2H3;1-2H3;/q-1;;. The largest absolute Gasteiger partial charge is 0.665 e. The Balaban J connectivity index is -0.000000149. The van der Waals surface area contributed by atoms with Crippen molar-refractivity contribution in [1.82, 2.24) is 0 Å². The molecule has 0 N–H and O–H groups in total. The topological polar surface area (TPSA) is 14.1 Å². The zero-order valence-electron chi connectivity index (χ0n) is 7.85. The van der Waals surface area contributed by atoms with Gasteiger partial charge in [0.05, 0.1) is 0 Å². The fraction of sp³-hybridized carbons (Fsp3) is 1.00. The van der Waals surface area contributed by atoms with E-state index < -0.39 is 0 Å². The number of hydrogen-bond acceptors (Lipinski definition) is 0. The Bertz CT molecular complexity index is 28.4. The van der Waals surface area contributed by atoms with E-state index in [0.717, 1.165) is 6.54 Å². The van der Waals surface area contributed by atoms with E-state index in [9.17, 15) is 0 Å². The molecular formula is C8H20NY-. The second-order valence-corrected chi connectivity index (χ2v) is 1.75. The predicted octanol–water partition coefficient (Wildman–Crippen LogP) is 3.20. The van der Waals surface area contributed by atoms with Crippen LogP contribution in [0.1, 0.15) is 40.0 Å². The minimum Gasteiger partial charge on any atom is -0.665 e. The Morgan fingerprint density at radius 1 is 1.10 bits per heavy atom. The van der Waals surface area contributed by atoms with Gasteiger partial charge in [-0.25, -0.2) is 0 Å². The van der Waals surface area contributed by atoms with Gasteiger partial charge >= 0.3 is 0 Å². The van der Waals surface area contributed by atoms with Gasteiger partial charge in [-0.3, -0.25) is 0 Å². The van der Waals surface area contributed by atoms with Crippen LogP contribution in [0, 0.1) is 0 Å². The average Bonchev–Trinajstić information content (AvgIpc) is 1.94. The van der Waals surface area contributed by atoms with Gasteiger partial charge in [0.1, 0.15) is 0 Å². The van der Waals surface area contributed by atoms with Crippen molar-refractivity contribution in [3.05, 3.63) is 5.32 Å². The fourth-order valence-electron chi connectivity index (χ4n) is 0.520. The number of unbranched alkanes of at least 4 members (excludes halogenated alkanes) is 2. The van der Waals surface area contributed by atoms with Crippen LogP contribution >= 0.6 is 0 Å². The number of hydrogen-bond donors (Lipinski definition) is 0. The summed E-state index contributed by atoms with van der Waals surface area (Å²) >= 11 is 0. The molecule has 0 amide bonds. The van der Waals surface area contributed by atoms with Crippen LogP contribution in [0.2, 0.25) is 0 Å². The molecule has 0 rings (SSSR count). The molecule has 61 valence electrons. The molecule has 0 fully saturated rings. The quantitative estimate of drug-likeness (QED) is 0.644. The molecule has 0 aromatic rings. The zero-order chi connectivity index (χ0) is 7.54. The van der Waals surface area contributed by atoms with Gasteiger partial charge < -0.3 is 5.32 Å². The maximum absolute atomic E-state index is 3.97. The molecule has 0 aromatic carbocycles. The molecule has 0 saturated carbocycles. The van der Waals surface area contributed by atoms with Crippen molar-refractivity contribution in [3.63, 3.8) is 0 Å². The van der Waals surface area contributed by atoms with E-state index in [1.807, 2.05) is 20.9 Å². The fourth-order valence-corrected chi connectivity index (χ4v) is 0.520. The summed E-state index contributed by atoms with van der Waals surface area (Å²) < 4.78 is 0. The molecule has 1 radical (unpaired) electrons. The maximum atomic E-state index is 3.97. The van der Waals surface area contributed by atoms with E-state index in [1.54, 1.807) is 0 Å². The summed E-state index contributed by atoms with van der Waals surface area (Å²) in [5.41, 5.74) is 0. The molecule has 0 heterocycles. The van der Waals surface area contributed by atoms with Crippen molar-refractivity contribution in [3.8, 4) is 0 Å². The second kappa shape index (κ2) is 22.5. The van der Waals surface area contributed by atoms with E-state index >= 15 is 0 Å². The number of rotatable bonds is 4. The average molecular weight is 219 g/mol. The van der Waals surface area contributed by atoms with Crippen molar-refractivity contribution in [1.29, 1.82) is 0 Å². The molecule has 1 nitrogen and oxygen atoms in total. The van der Waals surface area contributed by atoms with E-state index in [-0.39, 0.29) is 32.7 Å². The summed E-state index contributed by atoms with van der Waals surface area (Å²) in [5, 5.41) is 3.97. The molecule has 0 aliphatic heterocycles. The molecule has 0 unspecified atom stereocenters. The van der Waals surface area contributed by atoms with Crippen molar-refractivity contribution in [2.24, 2.45) is 0 Å². The van der Waals surface area contributed by atoms with Gasteiger partial charge in [-0.2, -0.15) is 7.05 Å². The summed E-state index contributed by atoms with van der Waals surface area (Å²) in [4.78, 5) is 0. The first kappa shape index (κ1) is 17.2. The third-order valence-corrected chi connectivity index (χ3v) is 0.985. The van der Waals surface area contributed by atoms with Gasteiger partial charge in [0.25, 0.3) is 0 Å². The molecule has 0 atom stereocenters. The van der Waals surface area contributed by atoms with Gasteiger partial charge in [-0.15, -0.1) is 6.54 Å². The Morgan fingerprint density at radius 3 is 1.90 bits per heavy atom. The van der Waals surface area contributed by atoms with E-state index in [0.29, 0.717) is 0 Å². The Hall–Kier alpha value is 1.06. The minimum atomic E-state index is 0. The molecule has 0 aromatic heterocycles. The minimum absolute atomic E-state index is 0. The molecule has 0 spiro atoms. The van der Waals surface area contributed by atoms with Crippen LogP contribution in [0.3, 0.4) is 0 Å². The SMILES string of the molecule is CC.CCCCC[N-]C.[Y]. The van der Waals surface area contributed by atoms with Crippen LogP contribution in [0.5, 0.6) is 0 Å². The summed E-state index contributed by atoms with van der Waals surface area (Å²) in [7, 11) is 1.87. The Morgan fingerprint density at radius 2 is 1.60 bits per heavy atom. The van der Waals surface area contributed by atoms with E-state index in [2.05, 4.69) is 12.2 Å². The zero-order valence-corrected chi connectivity index (χ0v) is 10.7. The monoisotopic (exact) mass is 219 g/mol. The van der Waals surface area contributed by atoms with E-state index in [1.165, 1.54) is 19.3 Å². The van der Waals surface area contributed by atoms with Gasteiger partial charge in [0, 0.05) is 32.7 Å². The molecule has 0 bridgehead atoms. The Labute approximate surface area is 91.2 Å². The van der Waals surface area contributed by atoms with Crippen LogP contribution in [0.25, 0.3) is 5.32 Å². The third kappa shape index (κ3) is 23.0. The van der Waals surface area contributed by atoms with Gasteiger partial charge in [-0.05, 0) is 0 Å². The normalized spacial score (nSPS) is 7.20. The van der Waals surface area contributed by atoms with Crippen LogP contribution < -0.4 is 0 Å². The predicted molar refractivity (Wildman–Crippen MR) is 45.0 cm³/mol. The molecule has 2 heteroatoms. The van der Waals surface area contributed by atoms with Crippen molar-refractivity contribution in [2.75, 3.05) is 13.6 Å². The smallest absolute Gasteiger partial charge is 0 e. The molecule has 0 aliphatic rings. The maximum Gasteiger partial charge on any atom is 0 e. The van der Waals surface area contributed by atoms with E-state index in [4.69, 9.17) is 0 Å². The van der Waals surface area contributed by atoms with Gasteiger partial charge in [0.15, 0.2) is 0 Å². The summed E-state index contributed by atoms with van der Waals surface area (Å²) in [5.74, 6) is 0. The molecule has 0 saturated heterocycles. The first-order valence-electron chi connectivity index (χ1n) is 3.97. The first-order chi connectivity index (χ1) is 4.41. The van der Waals surface area contributed by atoms with Crippen molar-refractivity contribution < 1.29 is 32.7 Å². The molecule has 0 aliphatic carbocycles. The third-order valence-electron chi connectivity index (χ3n) is 0.985. The van der Waals surface area contributed by atoms with Crippen LogP contribution in [-0.2, 0) is 32.7 Å². The van der Waals surface area contributed by atoms with Crippen LogP contribution in [0.4, 0.5) is 0 Å². The molecular weight excluding hydrogens is 199 g/mol. The molecule has 10 heavy (non-hydrogen) atoms. The van der Waals surface area contributed by atoms with Crippen molar-refractivity contribution in [2.45, 2.75) is 40.0 Å². The summed E-state index contributed by atoms with van der Waals surface area (Å²) in [6.45, 7) is 7.25. The first-order valence-corrected chi connectivity index (χ1v) is 3.97. The Kier molecular flexibility index (Phi) is 38.7. The van der Waals surface area contributed by atoms with Gasteiger partial charge in [0.2, 0.25) is 0 Å².